The summed E-state index contributed by atoms with van der Waals surface area (Å²) >= 11 is 0. The number of nitrogens with zero attached hydrogens (tertiary/aromatic N) is 1. The fourth-order valence-electron chi connectivity index (χ4n) is 2.86. The van der Waals surface area contributed by atoms with Gasteiger partial charge in [-0.2, -0.15) is 0 Å². The number of anilines is 1. The third-order valence-corrected chi connectivity index (χ3v) is 4.35. The number of nitrogens with one attached hydrogen (secondary N) is 3. The number of aliphatic imine (C=N–C) groups is 1. The number of rotatable bonds is 8. The molecular weight excluding hydrogens is 411 g/mol. The molecule has 0 heterocycles. The summed E-state index contributed by atoms with van der Waals surface area (Å²) in [6.07, 6.45) is 0.285. The van der Waals surface area contributed by atoms with E-state index in [1.54, 1.807) is 12.1 Å². The van der Waals surface area contributed by atoms with E-state index in [1.807, 2.05) is 52.0 Å². The van der Waals surface area contributed by atoms with Crippen molar-refractivity contribution in [1.82, 2.24) is 10.6 Å². The summed E-state index contributed by atoms with van der Waals surface area (Å²) in [5, 5.41) is 18.4. The van der Waals surface area contributed by atoms with Gasteiger partial charge in [-0.1, -0.05) is 18.2 Å². The van der Waals surface area contributed by atoms with E-state index in [1.165, 1.54) is 6.07 Å². The second kappa shape index (κ2) is 12.0. The highest BCUT2D eigenvalue weighted by Crippen LogP contribution is 2.14. The van der Waals surface area contributed by atoms with Gasteiger partial charge in [0.25, 0.3) is 0 Å². The van der Waals surface area contributed by atoms with Crippen LogP contribution in [0.25, 0.3) is 0 Å². The molecule has 4 N–H and O–H groups in total. The highest BCUT2D eigenvalue weighted by molar-refractivity contribution is 5.84. The summed E-state index contributed by atoms with van der Waals surface area (Å²) in [5.41, 5.74) is 2.32. The van der Waals surface area contributed by atoms with Gasteiger partial charge < -0.3 is 20.5 Å². The van der Waals surface area contributed by atoms with Crippen molar-refractivity contribution in [2.24, 2.45) is 4.99 Å². The maximum Gasteiger partial charge on any atom is 0.412 e. The zero-order valence-corrected chi connectivity index (χ0v) is 19.2. The van der Waals surface area contributed by atoms with Gasteiger partial charge in [0, 0.05) is 24.3 Å². The maximum absolute atomic E-state index is 13.5. The second-order valence-electron chi connectivity index (χ2n) is 8.28. The fourth-order valence-corrected chi connectivity index (χ4v) is 2.86. The van der Waals surface area contributed by atoms with Gasteiger partial charge in [-0.25, -0.2) is 14.2 Å². The predicted molar refractivity (Wildman–Crippen MR) is 125 cm³/mol. The normalized spacial score (nSPS) is 11.8. The van der Waals surface area contributed by atoms with Gasteiger partial charge in [-0.15, -0.1) is 0 Å². The lowest BCUT2D eigenvalue weighted by Gasteiger charge is -2.19. The first-order valence-electron chi connectivity index (χ1n) is 10.7. The molecule has 0 radical (unpaired) electrons. The Hall–Kier alpha value is -3.13. The number of amides is 1. The Labute approximate surface area is 189 Å². The van der Waals surface area contributed by atoms with E-state index >= 15 is 0 Å². The molecule has 2 rings (SSSR count). The van der Waals surface area contributed by atoms with Crippen LogP contribution < -0.4 is 16.0 Å². The lowest BCUT2D eigenvalue weighted by molar-refractivity contribution is 0.0636. The van der Waals surface area contributed by atoms with Crippen molar-refractivity contribution >= 4 is 17.7 Å². The molecular formula is C24H33FN4O3. The Morgan fingerprint density at radius 1 is 1.09 bits per heavy atom. The summed E-state index contributed by atoms with van der Waals surface area (Å²) < 4.78 is 18.8. The summed E-state index contributed by atoms with van der Waals surface area (Å²) in [6.45, 7) is 8.84. The standard InChI is InChI=1S/C24H33FN4O3/c1-5-26-22(28-15-18-8-11-21(25)19(14-18)16-30)27-13-12-17-6-9-20(10-7-17)29-23(31)32-24(2,3)4/h6-11,14,30H,5,12-13,15-16H2,1-4H3,(H,29,31)(H2,26,27,28). The van der Waals surface area contributed by atoms with E-state index in [0.717, 1.165) is 17.5 Å². The third kappa shape index (κ3) is 8.93. The first-order valence-corrected chi connectivity index (χ1v) is 10.7. The van der Waals surface area contributed by atoms with Crippen molar-refractivity contribution in [2.75, 3.05) is 18.4 Å². The van der Waals surface area contributed by atoms with Crippen LogP contribution >= 0.6 is 0 Å². The summed E-state index contributed by atoms with van der Waals surface area (Å²) in [6, 6.07) is 12.2. The predicted octanol–water partition coefficient (Wildman–Crippen LogP) is 3.96. The minimum atomic E-state index is -0.542. The molecule has 0 fully saturated rings. The van der Waals surface area contributed by atoms with Crippen molar-refractivity contribution in [1.29, 1.82) is 0 Å². The molecule has 8 heteroatoms. The highest BCUT2D eigenvalue weighted by Gasteiger charge is 2.16. The van der Waals surface area contributed by atoms with E-state index in [0.29, 0.717) is 31.3 Å². The average Bonchev–Trinajstić information content (AvgIpc) is 2.72. The molecule has 0 aliphatic carbocycles. The SMILES string of the molecule is CCNC(=NCc1ccc(F)c(CO)c1)NCCc1ccc(NC(=O)OC(C)(C)C)cc1. The molecule has 0 aromatic heterocycles. The summed E-state index contributed by atoms with van der Waals surface area (Å²) in [7, 11) is 0. The van der Waals surface area contributed by atoms with Crippen LogP contribution in [-0.4, -0.2) is 35.8 Å². The molecule has 7 nitrogen and oxygen atoms in total. The van der Waals surface area contributed by atoms with Gasteiger partial charge in [-0.3, -0.25) is 5.32 Å². The van der Waals surface area contributed by atoms with E-state index < -0.39 is 17.5 Å². The minimum Gasteiger partial charge on any atom is -0.444 e. The zero-order chi connectivity index (χ0) is 23.6. The van der Waals surface area contributed by atoms with Gasteiger partial charge in [0.15, 0.2) is 5.96 Å². The van der Waals surface area contributed by atoms with Crippen LogP contribution in [0.5, 0.6) is 0 Å². The zero-order valence-electron chi connectivity index (χ0n) is 19.2. The Kier molecular flexibility index (Phi) is 9.46. The second-order valence-corrected chi connectivity index (χ2v) is 8.28. The fraction of sp³-hybridized carbons (Fsp3) is 0.417. The number of benzene rings is 2. The van der Waals surface area contributed by atoms with E-state index in [-0.39, 0.29) is 12.2 Å². The quantitative estimate of drug-likeness (QED) is 0.365. The number of aliphatic hydroxyl groups excluding tert-OH is 1. The summed E-state index contributed by atoms with van der Waals surface area (Å²) in [4.78, 5) is 16.4. The number of hydrogen-bond acceptors (Lipinski definition) is 4. The first-order chi connectivity index (χ1) is 15.2. The molecule has 0 spiro atoms. The van der Waals surface area contributed by atoms with Crippen molar-refractivity contribution in [3.05, 3.63) is 65.0 Å². The molecule has 32 heavy (non-hydrogen) atoms. The molecule has 0 atom stereocenters. The maximum atomic E-state index is 13.5. The number of carbonyl (C=O) groups excluding carboxylic acids is 1. The van der Waals surface area contributed by atoms with Gasteiger partial charge >= 0.3 is 6.09 Å². The molecule has 0 saturated heterocycles. The number of halogens is 1. The average molecular weight is 445 g/mol. The highest BCUT2D eigenvalue weighted by atomic mass is 19.1. The summed E-state index contributed by atoms with van der Waals surface area (Å²) in [5.74, 6) is 0.239. The largest absolute Gasteiger partial charge is 0.444 e. The topological polar surface area (TPSA) is 95.0 Å². The number of guanidine groups is 1. The van der Waals surface area contributed by atoms with Crippen molar-refractivity contribution in [3.63, 3.8) is 0 Å². The van der Waals surface area contributed by atoms with Gasteiger partial charge in [0.05, 0.1) is 13.2 Å². The van der Waals surface area contributed by atoms with Crippen molar-refractivity contribution < 1.29 is 19.0 Å². The Morgan fingerprint density at radius 3 is 2.41 bits per heavy atom. The molecule has 2 aromatic carbocycles. The Morgan fingerprint density at radius 2 is 1.78 bits per heavy atom. The van der Waals surface area contributed by atoms with E-state index in [4.69, 9.17) is 4.74 Å². The molecule has 0 unspecified atom stereocenters. The van der Waals surface area contributed by atoms with Crippen LogP contribution in [0.3, 0.4) is 0 Å². The molecule has 0 bridgehead atoms. The monoisotopic (exact) mass is 444 g/mol. The van der Waals surface area contributed by atoms with Crippen LogP contribution in [-0.2, 0) is 24.3 Å². The molecule has 174 valence electrons. The number of aliphatic hydroxyl groups is 1. The Bertz CT molecular complexity index is 908. The lowest BCUT2D eigenvalue weighted by Crippen LogP contribution is -2.38. The molecule has 0 aliphatic rings. The lowest BCUT2D eigenvalue weighted by atomic mass is 10.1. The van der Waals surface area contributed by atoms with Crippen LogP contribution in [0.1, 0.15) is 44.4 Å². The van der Waals surface area contributed by atoms with Gasteiger partial charge in [-0.05, 0) is 69.5 Å². The molecule has 0 aliphatic heterocycles. The molecule has 0 saturated carbocycles. The first kappa shape index (κ1) is 25.1. The van der Waals surface area contributed by atoms with Crippen LogP contribution in [0.15, 0.2) is 47.5 Å². The van der Waals surface area contributed by atoms with Crippen molar-refractivity contribution in [3.8, 4) is 0 Å². The molecule has 2 aromatic rings. The van der Waals surface area contributed by atoms with Crippen LogP contribution in [0, 0.1) is 5.82 Å². The van der Waals surface area contributed by atoms with E-state index in [9.17, 15) is 14.3 Å². The Balaban J connectivity index is 1.86. The number of carbonyl (C=O) groups is 1. The van der Waals surface area contributed by atoms with Crippen LogP contribution in [0.2, 0.25) is 0 Å². The van der Waals surface area contributed by atoms with Gasteiger partial charge in [0.1, 0.15) is 11.4 Å². The number of ether oxygens (including phenoxy) is 1. The van der Waals surface area contributed by atoms with Crippen molar-refractivity contribution in [2.45, 2.75) is 52.9 Å². The van der Waals surface area contributed by atoms with E-state index in [2.05, 4.69) is 20.9 Å². The van der Waals surface area contributed by atoms with Crippen LogP contribution in [0.4, 0.5) is 14.9 Å². The number of hydrogen-bond donors (Lipinski definition) is 4. The molecule has 1 amide bonds. The minimum absolute atomic E-state index is 0.264. The third-order valence-electron chi connectivity index (χ3n) is 4.35. The smallest absolute Gasteiger partial charge is 0.412 e. The van der Waals surface area contributed by atoms with Gasteiger partial charge in [0.2, 0.25) is 0 Å².